The Labute approximate surface area is 130 Å². The molecule has 0 radical (unpaired) electrons. The van der Waals surface area contributed by atoms with Gasteiger partial charge in [0.15, 0.2) is 0 Å². The third kappa shape index (κ3) is 3.04. The van der Waals surface area contributed by atoms with Crippen LogP contribution in [-0.4, -0.2) is 40.8 Å². The number of ether oxygens (including phenoxy) is 1. The fourth-order valence-electron chi connectivity index (χ4n) is 2.79. The molecule has 0 N–H and O–H groups in total. The molecule has 1 atom stereocenters. The first-order valence-corrected chi connectivity index (χ1v) is 7.57. The van der Waals surface area contributed by atoms with Crippen molar-refractivity contribution in [1.82, 2.24) is 14.7 Å². The highest BCUT2D eigenvalue weighted by Gasteiger charge is 2.26. The predicted molar refractivity (Wildman–Crippen MR) is 83.7 cm³/mol. The number of nitrogens with zero attached hydrogens (tertiary/aromatic N) is 3. The van der Waals surface area contributed by atoms with Crippen LogP contribution in [0.5, 0.6) is 0 Å². The van der Waals surface area contributed by atoms with Crippen molar-refractivity contribution in [2.24, 2.45) is 5.92 Å². The molecule has 1 aromatic carbocycles. The number of hydrogen-bond donors (Lipinski definition) is 0. The SMILES string of the molecule is Cc1ccccc1-n1cc(CN(C)C(=O)C2CCOC2)cn1. The topological polar surface area (TPSA) is 47.4 Å². The van der Waals surface area contributed by atoms with Crippen LogP contribution in [0.4, 0.5) is 0 Å². The molecule has 0 bridgehead atoms. The number of aromatic nitrogens is 2. The highest BCUT2D eigenvalue weighted by Crippen LogP contribution is 2.17. The normalized spacial score (nSPS) is 17.6. The summed E-state index contributed by atoms with van der Waals surface area (Å²) in [7, 11) is 1.84. The molecular weight excluding hydrogens is 278 g/mol. The summed E-state index contributed by atoms with van der Waals surface area (Å²) in [6, 6.07) is 8.11. The third-order valence-corrected chi connectivity index (χ3v) is 4.07. The monoisotopic (exact) mass is 299 g/mol. The number of carbonyl (C=O) groups is 1. The van der Waals surface area contributed by atoms with Crippen LogP contribution in [0.1, 0.15) is 17.5 Å². The fraction of sp³-hybridized carbons (Fsp3) is 0.412. The maximum Gasteiger partial charge on any atom is 0.228 e. The molecule has 1 aliphatic heterocycles. The van der Waals surface area contributed by atoms with E-state index < -0.39 is 0 Å². The first-order chi connectivity index (χ1) is 10.6. The molecule has 0 saturated carbocycles. The highest BCUT2D eigenvalue weighted by molar-refractivity contribution is 5.78. The lowest BCUT2D eigenvalue weighted by Gasteiger charge is -2.19. The molecule has 1 saturated heterocycles. The van der Waals surface area contributed by atoms with Crippen molar-refractivity contribution in [3.8, 4) is 5.69 Å². The van der Waals surface area contributed by atoms with Crippen LogP contribution in [0.3, 0.4) is 0 Å². The molecule has 1 aliphatic rings. The molecule has 0 spiro atoms. The average molecular weight is 299 g/mol. The van der Waals surface area contributed by atoms with Crippen molar-refractivity contribution in [3.63, 3.8) is 0 Å². The molecule has 1 fully saturated rings. The van der Waals surface area contributed by atoms with Crippen LogP contribution < -0.4 is 0 Å². The summed E-state index contributed by atoms with van der Waals surface area (Å²) in [6.07, 6.45) is 4.63. The summed E-state index contributed by atoms with van der Waals surface area (Å²) in [5.74, 6) is 0.164. The molecule has 2 heterocycles. The van der Waals surface area contributed by atoms with E-state index in [2.05, 4.69) is 18.1 Å². The summed E-state index contributed by atoms with van der Waals surface area (Å²) in [4.78, 5) is 14.1. The lowest BCUT2D eigenvalue weighted by Crippen LogP contribution is -2.32. The summed E-state index contributed by atoms with van der Waals surface area (Å²) in [5.41, 5.74) is 3.26. The number of amides is 1. The van der Waals surface area contributed by atoms with Crippen molar-refractivity contribution in [3.05, 3.63) is 47.8 Å². The van der Waals surface area contributed by atoms with Crippen LogP contribution in [-0.2, 0) is 16.1 Å². The first kappa shape index (κ1) is 14.8. The van der Waals surface area contributed by atoms with Crippen molar-refractivity contribution in [1.29, 1.82) is 0 Å². The van der Waals surface area contributed by atoms with E-state index in [4.69, 9.17) is 4.74 Å². The van der Waals surface area contributed by atoms with Gasteiger partial charge in [-0.05, 0) is 25.0 Å². The molecule has 22 heavy (non-hydrogen) atoms. The molecule has 5 heteroatoms. The predicted octanol–water partition coefficient (Wildman–Crippen LogP) is 2.18. The van der Waals surface area contributed by atoms with Gasteiger partial charge < -0.3 is 9.64 Å². The first-order valence-electron chi connectivity index (χ1n) is 7.57. The van der Waals surface area contributed by atoms with Gasteiger partial charge in [-0.1, -0.05) is 18.2 Å². The number of carbonyl (C=O) groups excluding carboxylic acids is 1. The summed E-state index contributed by atoms with van der Waals surface area (Å²) >= 11 is 0. The molecule has 2 aromatic rings. The fourth-order valence-corrected chi connectivity index (χ4v) is 2.79. The zero-order chi connectivity index (χ0) is 15.5. The molecule has 1 aromatic heterocycles. The van der Waals surface area contributed by atoms with Gasteiger partial charge in [0.2, 0.25) is 5.91 Å². The Morgan fingerprint density at radius 2 is 2.27 bits per heavy atom. The van der Waals surface area contributed by atoms with Gasteiger partial charge in [0, 0.05) is 32.0 Å². The van der Waals surface area contributed by atoms with Crippen LogP contribution in [0, 0.1) is 12.8 Å². The van der Waals surface area contributed by atoms with Crippen molar-refractivity contribution < 1.29 is 9.53 Å². The molecule has 0 aliphatic carbocycles. The molecule has 1 unspecified atom stereocenters. The zero-order valence-electron chi connectivity index (χ0n) is 13.0. The Morgan fingerprint density at radius 1 is 1.45 bits per heavy atom. The van der Waals surface area contributed by atoms with Gasteiger partial charge in [0.05, 0.1) is 24.4 Å². The van der Waals surface area contributed by atoms with Gasteiger partial charge >= 0.3 is 0 Å². The minimum absolute atomic E-state index is 0.0106. The largest absolute Gasteiger partial charge is 0.381 e. The quantitative estimate of drug-likeness (QED) is 0.869. The third-order valence-electron chi connectivity index (χ3n) is 4.07. The number of rotatable bonds is 4. The van der Waals surface area contributed by atoms with Gasteiger partial charge in [0.1, 0.15) is 0 Å². The van der Waals surface area contributed by atoms with E-state index in [0.717, 1.165) is 17.7 Å². The average Bonchev–Trinajstić information content (AvgIpc) is 3.18. The van der Waals surface area contributed by atoms with Crippen molar-refractivity contribution >= 4 is 5.91 Å². The highest BCUT2D eigenvalue weighted by atomic mass is 16.5. The van der Waals surface area contributed by atoms with Gasteiger partial charge in [-0.2, -0.15) is 5.10 Å². The standard InChI is InChI=1S/C17H21N3O2/c1-13-5-3-4-6-16(13)20-11-14(9-18-20)10-19(2)17(21)15-7-8-22-12-15/h3-6,9,11,15H,7-8,10,12H2,1-2H3. The number of aryl methyl sites for hydroxylation is 1. The van der Waals surface area contributed by atoms with Crippen molar-refractivity contribution in [2.75, 3.05) is 20.3 Å². The van der Waals surface area contributed by atoms with E-state index >= 15 is 0 Å². The Balaban J connectivity index is 1.69. The van der Waals surface area contributed by atoms with Crippen LogP contribution in [0.2, 0.25) is 0 Å². The number of hydrogen-bond acceptors (Lipinski definition) is 3. The van der Waals surface area contributed by atoms with Crippen LogP contribution in [0.25, 0.3) is 5.69 Å². The van der Waals surface area contributed by atoms with E-state index in [1.54, 1.807) is 4.90 Å². The maximum absolute atomic E-state index is 12.3. The van der Waals surface area contributed by atoms with Gasteiger partial charge in [-0.25, -0.2) is 4.68 Å². The van der Waals surface area contributed by atoms with Gasteiger partial charge in [0.25, 0.3) is 0 Å². The lowest BCUT2D eigenvalue weighted by molar-refractivity contribution is -0.134. The van der Waals surface area contributed by atoms with Crippen LogP contribution >= 0.6 is 0 Å². The van der Waals surface area contributed by atoms with E-state index in [1.165, 1.54) is 5.56 Å². The summed E-state index contributed by atoms with van der Waals surface area (Å²) in [6.45, 7) is 3.87. The van der Waals surface area contributed by atoms with Crippen molar-refractivity contribution in [2.45, 2.75) is 19.9 Å². The Morgan fingerprint density at radius 3 is 3.00 bits per heavy atom. The number of benzene rings is 1. The minimum Gasteiger partial charge on any atom is -0.381 e. The molecule has 116 valence electrons. The van der Waals surface area contributed by atoms with E-state index in [9.17, 15) is 4.79 Å². The van der Waals surface area contributed by atoms with E-state index in [-0.39, 0.29) is 11.8 Å². The molecular formula is C17H21N3O2. The molecule has 1 amide bonds. The second-order valence-electron chi connectivity index (χ2n) is 5.83. The zero-order valence-corrected chi connectivity index (χ0v) is 13.0. The molecule has 3 rings (SSSR count). The smallest absolute Gasteiger partial charge is 0.228 e. The summed E-state index contributed by atoms with van der Waals surface area (Å²) < 4.78 is 7.15. The second-order valence-corrected chi connectivity index (χ2v) is 5.83. The molecule has 5 nitrogen and oxygen atoms in total. The second kappa shape index (κ2) is 6.32. The Bertz CT molecular complexity index is 659. The van der Waals surface area contributed by atoms with E-state index in [1.807, 2.05) is 42.3 Å². The minimum atomic E-state index is 0.0106. The number of para-hydroxylation sites is 1. The van der Waals surface area contributed by atoms with Gasteiger partial charge in [-0.15, -0.1) is 0 Å². The van der Waals surface area contributed by atoms with Crippen LogP contribution in [0.15, 0.2) is 36.7 Å². The Hall–Kier alpha value is -2.14. The Kier molecular flexibility index (Phi) is 4.24. The lowest BCUT2D eigenvalue weighted by atomic mass is 10.1. The van der Waals surface area contributed by atoms with E-state index in [0.29, 0.717) is 19.8 Å². The summed E-state index contributed by atoms with van der Waals surface area (Å²) in [5, 5.41) is 4.41. The van der Waals surface area contributed by atoms with Gasteiger partial charge in [-0.3, -0.25) is 4.79 Å². The maximum atomic E-state index is 12.3.